The molecule has 0 saturated heterocycles. The van der Waals surface area contributed by atoms with E-state index < -0.39 is 57.2 Å². The Kier molecular flexibility index (Phi) is 14.9. The van der Waals surface area contributed by atoms with Crippen LogP contribution in [0.15, 0.2) is 36.4 Å². The van der Waals surface area contributed by atoms with E-state index in [0.717, 1.165) is 73.3 Å². The number of nitro benzene ring substituents is 2. The van der Waals surface area contributed by atoms with Crippen molar-refractivity contribution < 1.29 is 29.0 Å². The molecule has 5 aromatic rings. The number of hydrogen-bond donors (Lipinski definition) is 2. The van der Waals surface area contributed by atoms with Crippen molar-refractivity contribution in [3.05, 3.63) is 78.9 Å². The second-order valence-corrected chi connectivity index (χ2v) is 18.0. The minimum Gasteiger partial charge on any atom is -0.311 e. The zero-order valence-electron chi connectivity index (χ0n) is 37.4. The zero-order chi connectivity index (χ0) is 45.7. The molecule has 5 aromatic carbocycles. The lowest BCUT2D eigenvalue weighted by Crippen LogP contribution is -2.51. The van der Waals surface area contributed by atoms with Crippen LogP contribution in [-0.4, -0.2) is 55.6 Å². The van der Waals surface area contributed by atoms with Gasteiger partial charge in [-0.1, -0.05) is 154 Å². The molecule has 14 nitrogen and oxygen atoms in total. The fourth-order valence-electron chi connectivity index (χ4n) is 10.3. The molecule has 2 aliphatic heterocycles. The molecule has 0 spiro atoms. The van der Waals surface area contributed by atoms with E-state index in [9.17, 15) is 39.4 Å². The SMILES string of the molecule is CCCCCCCCCCCCC(N)N1C(=O)c2ccc3c4c([N+](=O)[O-])cc5c6c(ccc(c7c([N+](=O)[O-])cc(c2c37)C1=O)c64)C(=O)N(C(N)CCCCCCCCCCCC)C5=O. The molecular formula is C50H62N6O8. The third-order valence-electron chi connectivity index (χ3n) is 13.6. The van der Waals surface area contributed by atoms with Gasteiger partial charge < -0.3 is 11.5 Å². The van der Waals surface area contributed by atoms with Gasteiger partial charge in [0.05, 0.1) is 44.1 Å². The first kappa shape index (κ1) is 46.4. The van der Waals surface area contributed by atoms with Gasteiger partial charge in [0.15, 0.2) is 0 Å². The first-order valence-corrected chi connectivity index (χ1v) is 23.8. The first-order chi connectivity index (χ1) is 30.9. The van der Waals surface area contributed by atoms with Crippen LogP contribution in [0.5, 0.6) is 0 Å². The Balaban J connectivity index is 1.20. The molecule has 0 fully saturated rings. The Morgan fingerprint density at radius 3 is 1.05 bits per heavy atom. The standard InChI is InChI=1S/C50H62N6O8/c1-3-5-7-9-11-13-15-17-19-21-23-39(51)53-47(57)33-27-25-31-44-38(56(63)64)30-36-42-34(48(58)54(50(36)60)40(52)24-22-20-18-16-14-12-10-8-6-4-2)28-26-32(46(42)44)43-37(55(61)62)29-35(49(53)59)41(33)45(31)43/h25-30,39-40H,3-24,51-52H2,1-2H3. The lowest BCUT2D eigenvalue weighted by Gasteiger charge is -2.33. The third kappa shape index (κ3) is 8.78. The smallest absolute Gasteiger partial charge is 0.278 e. The summed E-state index contributed by atoms with van der Waals surface area (Å²) in [4.78, 5) is 83.9. The van der Waals surface area contributed by atoms with Crippen molar-refractivity contribution in [2.45, 2.75) is 167 Å². The van der Waals surface area contributed by atoms with Gasteiger partial charge in [0.1, 0.15) is 0 Å². The van der Waals surface area contributed by atoms with Crippen molar-refractivity contribution in [3.63, 3.8) is 0 Å². The minimum atomic E-state index is -0.973. The van der Waals surface area contributed by atoms with Crippen molar-refractivity contribution >= 4 is 78.1 Å². The van der Waals surface area contributed by atoms with Gasteiger partial charge in [-0.15, -0.1) is 0 Å². The highest BCUT2D eigenvalue weighted by atomic mass is 16.6. The number of unbranched alkanes of at least 4 members (excludes halogenated alkanes) is 18. The second kappa shape index (κ2) is 20.5. The number of nitrogens with two attached hydrogens (primary N) is 2. The molecule has 7 rings (SSSR count). The highest BCUT2D eigenvalue weighted by molar-refractivity contribution is 6.43. The Hall–Kier alpha value is -5.60. The van der Waals surface area contributed by atoms with Crippen molar-refractivity contribution in [2.24, 2.45) is 11.5 Å². The predicted molar refractivity (Wildman–Crippen MR) is 251 cm³/mol. The summed E-state index contributed by atoms with van der Waals surface area (Å²) in [6.07, 6.45) is 20.8. The van der Waals surface area contributed by atoms with Crippen LogP contribution in [0.3, 0.4) is 0 Å². The number of fused-ring (bicyclic) bond motifs is 2. The molecule has 4 amide bonds. The minimum absolute atomic E-state index is 0.0369. The third-order valence-corrected chi connectivity index (χ3v) is 13.6. The van der Waals surface area contributed by atoms with Crippen LogP contribution in [0.1, 0.15) is 197 Å². The number of imide groups is 2. The second-order valence-electron chi connectivity index (χ2n) is 18.0. The van der Waals surface area contributed by atoms with Crippen LogP contribution in [-0.2, 0) is 0 Å². The van der Waals surface area contributed by atoms with Crippen LogP contribution in [0.25, 0.3) is 43.1 Å². The summed E-state index contributed by atoms with van der Waals surface area (Å²) in [5.41, 5.74) is 12.2. The van der Waals surface area contributed by atoms with Gasteiger partial charge in [0.25, 0.3) is 35.0 Å². The molecular weight excluding hydrogens is 813 g/mol. The summed E-state index contributed by atoms with van der Waals surface area (Å²) < 4.78 is 0. The lowest BCUT2D eigenvalue weighted by molar-refractivity contribution is -0.383. The fraction of sp³-hybridized carbons (Fsp3) is 0.520. The van der Waals surface area contributed by atoms with Crippen LogP contribution in [0, 0.1) is 20.2 Å². The molecule has 4 N–H and O–H groups in total. The topological polar surface area (TPSA) is 213 Å². The van der Waals surface area contributed by atoms with Crippen LogP contribution in [0.4, 0.5) is 11.4 Å². The van der Waals surface area contributed by atoms with Crippen LogP contribution < -0.4 is 11.5 Å². The average molecular weight is 875 g/mol. The highest BCUT2D eigenvalue weighted by Crippen LogP contribution is 2.51. The van der Waals surface area contributed by atoms with Gasteiger partial charge in [-0.05, 0) is 35.7 Å². The van der Waals surface area contributed by atoms with Gasteiger partial charge in [-0.3, -0.25) is 49.2 Å². The van der Waals surface area contributed by atoms with E-state index in [1.807, 2.05) is 0 Å². The average Bonchev–Trinajstić information content (AvgIpc) is 3.27. The predicted octanol–water partition coefficient (Wildman–Crippen LogP) is 11.9. The van der Waals surface area contributed by atoms with Crippen molar-refractivity contribution in [1.29, 1.82) is 0 Å². The van der Waals surface area contributed by atoms with Crippen molar-refractivity contribution in [1.82, 2.24) is 9.80 Å². The van der Waals surface area contributed by atoms with E-state index >= 15 is 0 Å². The quantitative estimate of drug-likeness (QED) is 0.0134. The Labute approximate surface area is 373 Å². The maximum absolute atomic E-state index is 14.3. The Bertz CT molecular complexity index is 2430. The molecule has 0 saturated carbocycles. The van der Waals surface area contributed by atoms with Gasteiger partial charge in [0, 0.05) is 44.8 Å². The molecule has 2 aliphatic rings. The van der Waals surface area contributed by atoms with Gasteiger partial charge >= 0.3 is 0 Å². The van der Waals surface area contributed by atoms with Crippen LogP contribution >= 0.6 is 0 Å². The largest absolute Gasteiger partial charge is 0.311 e. The van der Waals surface area contributed by atoms with E-state index in [4.69, 9.17) is 11.5 Å². The first-order valence-electron chi connectivity index (χ1n) is 23.8. The summed E-state index contributed by atoms with van der Waals surface area (Å²) in [5, 5.41) is 27.0. The number of carbonyl (C=O) groups is 4. The highest BCUT2D eigenvalue weighted by Gasteiger charge is 2.42. The maximum Gasteiger partial charge on any atom is 0.278 e. The normalized spacial score (nSPS) is 14.9. The molecule has 0 aromatic heterocycles. The molecule has 2 unspecified atom stereocenters. The number of carbonyl (C=O) groups excluding carboxylic acids is 4. The maximum atomic E-state index is 14.3. The molecule has 0 bridgehead atoms. The number of hydrogen-bond acceptors (Lipinski definition) is 10. The van der Waals surface area contributed by atoms with E-state index in [-0.39, 0.29) is 65.3 Å². The molecule has 14 heteroatoms. The number of benzene rings is 5. The number of rotatable bonds is 26. The van der Waals surface area contributed by atoms with E-state index in [0.29, 0.717) is 25.7 Å². The number of nitro groups is 2. The Morgan fingerprint density at radius 1 is 0.438 bits per heavy atom. The number of non-ortho nitro benzene ring substituents is 2. The van der Waals surface area contributed by atoms with E-state index in [2.05, 4.69) is 13.8 Å². The van der Waals surface area contributed by atoms with Gasteiger partial charge in [-0.25, -0.2) is 0 Å². The van der Waals surface area contributed by atoms with Crippen molar-refractivity contribution in [3.8, 4) is 0 Å². The number of nitrogens with zero attached hydrogens (tertiary/aromatic N) is 4. The molecule has 64 heavy (non-hydrogen) atoms. The number of amides is 4. The summed E-state index contributed by atoms with van der Waals surface area (Å²) in [5.74, 6) is -2.86. The van der Waals surface area contributed by atoms with E-state index in [1.54, 1.807) is 0 Å². The zero-order valence-corrected chi connectivity index (χ0v) is 37.4. The van der Waals surface area contributed by atoms with Gasteiger partial charge in [-0.2, -0.15) is 0 Å². The molecule has 340 valence electrons. The van der Waals surface area contributed by atoms with Crippen molar-refractivity contribution in [2.75, 3.05) is 0 Å². The molecule has 2 atom stereocenters. The lowest BCUT2D eigenvalue weighted by atomic mass is 9.81. The summed E-state index contributed by atoms with van der Waals surface area (Å²) >= 11 is 0. The summed E-state index contributed by atoms with van der Waals surface area (Å²) in [6, 6.07) is 8.24. The van der Waals surface area contributed by atoms with E-state index in [1.165, 1.54) is 88.5 Å². The summed E-state index contributed by atoms with van der Waals surface area (Å²) in [7, 11) is 0. The fourth-order valence-corrected chi connectivity index (χ4v) is 10.3. The Morgan fingerprint density at radius 2 is 0.734 bits per heavy atom. The molecule has 0 radical (unpaired) electrons. The van der Waals surface area contributed by atoms with Crippen LogP contribution in [0.2, 0.25) is 0 Å². The summed E-state index contributed by atoms with van der Waals surface area (Å²) in [6.45, 7) is 4.40. The molecule has 0 aliphatic carbocycles. The van der Waals surface area contributed by atoms with Gasteiger partial charge in [0.2, 0.25) is 0 Å². The monoisotopic (exact) mass is 874 g/mol. The molecule has 2 heterocycles.